The number of benzene rings is 1. The number of amides is 1. The van der Waals surface area contributed by atoms with Gasteiger partial charge in [-0.15, -0.1) is 0 Å². The highest BCUT2D eigenvalue weighted by Gasteiger charge is 2.34. The molecule has 1 fully saturated rings. The van der Waals surface area contributed by atoms with E-state index in [0.29, 0.717) is 6.54 Å². The number of rotatable bonds is 4. The van der Waals surface area contributed by atoms with Crippen LogP contribution < -0.4 is 4.74 Å². The standard InChI is InChI=1S/C15H19NO4/c1-10(15(18)19)14(17)16-9-3-4-13(16)11-5-7-12(20-2)8-6-11/h5-8,10,13H,3-4,9H2,1-2H3,(H,18,19). The molecule has 1 aromatic carbocycles. The number of carbonyl (C=O) groups is 2. The Kier molecular flexibility index (Phi) is 4.27. The van der Waals surface area contributed by atoms with Crippen LogP contribution in [0.4, 0.5) is 0 Å². The molecule has 0 saturated carbocycles. The van der Waals surface area contributed by atoms with Crippen LogP contribution in [0.25, 0.3) is 0 Å². The van der Waals surface area contributed by atoms with Crippen LogP contribution in [0.15, 0.2) is 24.3 Å². The highest BCUT2D eigenvalue weighted by molar-refractivity contribution is 5.96. The van der Waals surface area contributed by atoms with Crippen LogP contribution in [-0.4, -0.2) is 35.5 Å². The van der Waals surface area contributed by atoms with Crippen molar-refractivity contribution in [1.29, 1.82) is 0 Å². The van der Waals surface area contributed by atoms with Crippen molar-refractivity contribution in [1.82, 2.24) is 4.90 Å². The number of carboxylic acid groups (broad SMARTS) is 1. The number of carbonyl (C=O) groups excluding carboxylic acids is 1. The molecule has 1 amide bonds. The van der Waals surface area contributed by atoms with Gasteiger partial charge in [0.1, 0.15) is 11.7 Å². The van der Waals surface area contributed by atoms with Crippen LogP contribution in [0, 0.1) is 5.92 Å². The molecule has 0 bridgehead atoms. The molecule has 0 spiro atoms. The monoisotopic (exact) mass is 277 g/mol. The van der Waals surface area contributed by atoms with E-state index in [9.17, 15) is 9.59 Å². The molecule has 2 rings (SSSR count). The van der Waals surface area contributed by atoms with Gasteiger partial charge < -0.3 is 14.7 Å². The predicted molar refractivity (Wildman–Crippen MR) is 73.5 cm³/mol. The lowest BCUT2D eigenvalue weighted by Crippen LogP contribution is -2.37. The lowest BCUT2D eigenvalue weighted by molar-refractivity contribution is -0.150. The van der Waals surface area contributed by atoms with Crippen LogP contribution in [0.3, 0.4) is 0 Å². The predicted octanol–water partition coefficient (Wildman–Crippen LogP) is 2.08. The molecule has 1 N–H and O–H groups in total. The zero-order chi connectivity index (χ0) is 14.7. The molecular weight excluding hydrogens is 258 g/mol. The molecule has 1 saturated heterocycles. The SMILES string of the molecule is COc1ccc(C2CCCN2C(=O)C(C)C(=O)O)cc1. The van der Waals surface area contributed by atoms with E-state index in [1.54, 1.807) is 12.0 Å². The van der Waals surface area contributed by atoms with Gasteiger partial charge in [0, 0.05) is 6.54 Å². The smallest absolute Gasteiger partial charge is 0.315 e. The summed E-state index contributed by atoms with van der Waals surface area (Å²) in [7, 11) is 1.61. The molecule has 0 aromatic heterocycles. The van der Waals surface area contributed by atoms with Crippen molar-refractivity contribution in [3.05, 3.63) is 29.8 Å². The van der Waals surface area contributed by atoms with Crippen LogP contribution in [-0.2, 0) is 9.59 Å². The molecule has 5 heteroatoms. The normalized spacial score (nSPS) is 19.7. The van der Waals surface area contributed by atoms with Gasteiger partial charge in [-0.1, -0.05) is 12.1 Å². The molecule has 0 radical (unpaired) electrons. The maximum absolute atomic E-state index is 12.2. The second kappa shape index (κ2) is 5.94. The summed E-state index contributed by atoms with van der Waals surface area (Å²) in [6, 6.07) is 7.55. The Hall–Kier alpha value is -2.04. The fourth-order valence-corrected chi connectivity index (χ4v) is 2.56. The molecule has 0 aliphatic carbocycles. The Morgan fingerprint density at radius 3 is 2.55 bits per heavy atom. The summed E-state index contributed by atoms with van der Waals surface area (Å²) in [5, 5.41) is 8.97. The maximum Gasteiger partial charge on any atom is 0.315 e. The minimum absolute atomic E-state index is 0.0322. The van der Waals surface area contributed by atoms with E-state index >= 15 is 0 Å². The fraction of sp³-hybridized carbons (Fsp3) is 0.467. The second-order valence-electron chi connectivity index (χ2n) is 5.02. The number of carboxylic acids is 1. The zero-order valence-electron chi connectivity index (χ0n) is 11.7. The van der Waals surface area contributed by atoms with Gasteiger partial charge in [-0.3, -0.25) is 9.59 Å². The summed E-state index contributed by atoms with van der Waals surface area (Å²) in [4.78, 5) is 24.9. The van der Waals surface area contributed by atoms with E-state index in [0.717, 1.165) is 24.2 Å². The van der Waals surface area contributed by atoms with Gasteiger partial charge in [0.2, 0.25) is 5.91 Å². The van der Waals surface area contributed by atoms with Gasteiger partial charge in [0.05, 0.1) is 13.2 Å². The third kappa shape index (κ3) is 2.76. The van der Waals surface area contributed by atoms with E-state index in [1.165, 1.54) is 6.92 Å². The molecule has 2 atom stereocenters. The number of ether oxygens (including phenoxy) is 1. The molecule has 1 aromatic rings. The highest BCUT2D eigenvalue weighted by atomic mass is 16.5. The molecule has 1 aliphatic heterocycles. The lowest BCUT2D eigenvalue weighted by atomic mass is 10.0. The Morgan fingerprint density at radius 2 is 2.00 bits per heavy atom. The van der Waals surface area contributed by atoms with Crippen molar-refractivity contribution in [2.75, 3.05) is 13.7 Å². The quantitative estimate of drug-likeness (QED) is 0.856. The van der Waals surface area contributed by atoms with Crippen molar-refractivity contribution >= 4 is 11.9 Å². The van der Waals surface area contributed by atoms with Gasteiger partial charge >= 0.3 is 5.97 Å². The molecule has 1 heterocycles. The summed E-state index contributed by atoms with van der Waals surface area (Å²) in [6.07, 6.45) is 1.76. The molecule has 2 unspecified atom stereocenters. The third-order valence-corrected chi connectivity index (χ3v) is 3.78. The lowest BCUT2D eigenvalue weighted by Gasteiger charge is -2.26. The van der Waals surface area contributed by atoms with Crippen LogP contribution in [0.2, 0.25) is 0 Å². The summed E-state index contributed by atoms with van der Waals surface area (Å²) in [5.41, 5.74) is 1.02. The van der Waals surface area contributed by atoms with Crippen LogP contribution in [0.1, 0.15) is 31.4 Å². The van der Waals surface area contributed by atoms with Gasteiger partial charge in [-0.2, -0.15) is 0 Å². The minimum atomic E-state index is -1.07. The van der Waals surface area contributed by atoms with Crippen molar-refractivity contribution in [3.8, 4) is 5.75 Å². The number of likely N-dealkylation sites (tertiary alicyclic amines) is 1. The first-order chi connectivity index (χ1) is 9.54. The average Bonchev–Trinajstić information content (AvgIpc) is 2.95. The number of hydrogen-bond donors (Lipinski definition) is 1. The fourth-order valence-electron chi connectivity index (χ4n) is 2.56. The molecule has 20 heavy (non-hydrogen) atoms. The van der Waals surface area contributed by atoms with Crippen molar-refractivity contribution in [3.63, 3.8) is 0 Å². The van der Waals surface area contributed by atoms with E-state index < -0.39 is 11.9 Å². The first-order valence-electron chi connectivity index (χ1n) is 6.72. The van der Waals surface area contributed by atoms with Gasteiger partial charge in [-0.25, -0.2) is 0 Å². The second-order valence-corrected chi connectivity index (χ2v) is 5.02. The third-order valence-electron chi connectivity index (χ3n) is 3.78. The largest absolute Gasteiger partial charge is 0.497 e. The molecule has 5 nitrogen and oxygen atoms in total. The molecular formula is C15H19NO4. The first-order valence-corrected chi connectivity index (χ1v) is 6.72. The van der Waals surface area contributed by atoms with Gasteiger partial charge in [0.25, 0.3) is 0 Å². The van der Waals surface area contributed by atoms with Crippen molar-refractivity contribution < 1.29 is 19.4 Å². The van der Waals surface area contributed by atoms with Gasteiger partial charge in [-0.05, 0) is 37.5 Å². The summed E-state index contributed by atoms with van der Waals surface area (Å²) in [5.74, 6) is -1.61. The summed E-state index contributed by atoms with van der Waals surface area (Å²) in [6.45, 7) is 2.06. The Morgan fingerprint density at radius 1 is 1.35 bits per heavy atom. The number of hydrogen-bond acceptors (Lipinski definition) is 3. The number of methoxy groups -OCH3 is 1. The van der Waals surface area contributed by atoms with E-state index in [4.69, 9.17) is 9.84 Å². The topological polar surface area (TPSA) is 66.8 Å². The van der Waals surface area contributed by atoms with Crippen LogP contribution >= 0.6 is 0 Å². The summed E-state index contributed by atoms with van der Waals surface area (Å²) >= 11 is 0. The van der Waals surface area contributed by atoms with Crippen molar-refractivity contribution in [2.24, 2.45) is 5.92 Å². The maximum atomic E-state index is 12.2. The van der Waals surface area contributed by atoms with E-state index in [1.807, 2.05) is 24.3 Å². The first kappa shape index (κ1) is 14.4. The van der Waals surface area contributed by atoms with Gasteiger partial charge in [0.15, 0.2) is 0 Å². The molecule has 108 valence electrons. The minimum Gasteiger partial charge on any atom is -0.497 e. The highest BCUT2D eigenvalue weighted by Crippen LogP contribution is 2.33. The van der Waals surface area contributed by atoms with Crippen LogP contribution in [0.5, 0.6) is 5.75 Å². The van der Waals surface area contributed by atoms with E-state index in [2.05, 4.69) is 0 Å². The Balaban J connectivity index is 2.17. The number of nitrogens with zero attached hydrogens (tertiary/aromatic N) is 1. The Bertz CT molecular complexity index is 497. The Labute approximate surface area is 118 Å². The molecule has 1 aliphatic rings. The zero-order valence-corrected chi connectivity index (χ0v) is 11.7. The van der Waals surface area contributed by atoms with Crippen molar-refractivity contribution in [2.45, 2.75) is 25.8 Å². The number of aliphatic carboxylic acids is 1. The van der Waals surface area contributed by atoms with E-state index in [-0.39, 0.29) is 11.9 Å². The summed E-state index contributed by atoms with van der Waals surface area (Å²) < 4.78 is 5.12. The average molecular weight is 277 g/mol.